The normalized spacial score (nSPS) is 21.9. The number of hydrogen-bond acceptors (Lipinski definition) is 16. The van der Waals surface area contributed by atoms with Gasteiger partial charge in [0.1, 0.15) is 47.3 Å². The van der Waals surface area contributed by atoms with Gasteiger partial charge >= 0.3 is 5.97 Å². The van der Waals surface area contributed by atoms with Crippen molar-refractivity contribution >= 4 is 93.2 Å². The van der Waals surface area contributed by atoms with Crippen LogP contribution in [0.5, 0.6) is 5.75 Å². The largest absolute Gasteiger partial charge is 0.508 e. The highest BCUT2D eigenvalue weighted by molar-refractivity contribution is 6.41. The molecule has 0 saturated heterocycles. The maximum absolute atomic E-state index is 15.0. The number of carbonyl (C=O) groups excluding carboxylic acids is 13. The van der Waals surface area contributed by atoms with E-state index >= 15 is 0 Å². The van der Waals surface area contributed by atoms with Crippen molar-refractivity contribution < 1.29 is 77.3 Å². The van der Waals surface area contributed by atoms with Gasteiger partial charge in [-0.2, -0.15) is 0 Å². The minimum atomic E-state index is -1.74. The van der Waals surface area contributed by atoms with Gasteiger partial charge in [0.25, 0.3) is 0 Å². The molecule has 100 heavy (non-hydrogen) atoms. The summed E-state index contributed by atoms with van der Waals surface area (Å²) in [6, 6.07) is 2.56. The number of carboxylic acids is 1. The molecule has 2 aromatic carbocycles. The Morgan fingerprint density at radius 2 is 1.22 bits per heavy atom. The number of Topliss-reactive ketones (excluding diaryl/α,β-unsaturated/α-hetero) is 4. The Bertz CT molecular complexity index is 3560. The van der Waals surface area contributed by atoms with Crippen LogP contribution in [-0.2, 0) is 80.0 Å². The number of phenols is 1. The number of primary amides is 1. The highest BCUT2D eigenvalue weighted by Crippen LogP contribution is 2.31. The predicted octanol–water partition coefficient (Wildman–Crippen LogP) is 3.49. The van der Waals surface area contributed by atoms with E-state index in [1.54, 1.807) is 26.1 Å². The van der Waals surface area contributed by atoms with E-state index in [2.05, 4.69) is 76.5 Å². The zero-order chi connectivity index (χ0) is 73.9. The molecule has 27 heteroatoms. The summed E-state index contributed by atoms with van der Waals surface area (Å²) in [4.78, 5) is 194. The second-order valence-electron chi connectivity index (χ2n) is 26.8. The van der Waals surface area contributed by atoms with Crippen molar-refractivity contribution in [3.63, 3.8) is 0 Å². The summed E-state index contributed by atoms with van der Waals surface area (Å²) in [5.41, 5.74) is 4.00. The monoisotopic (exact) mass is 1390 g/mol. The van der Waals surface area contributed by atoms with Gasteiger partial charge in [-0.15, -0.1) is 0 Å². The molecule has 0 aliphatic carbocycles. The summed E-state index contributed by atoms with van der Waals surface area (Å²) in [6.07, 6.45) is 1.84. The number of benzene rings is 2. The van der Waals surface area contributed by atoms with Gasteiger partial charge in [-0.1, -0.05) is 83.7 Å². The topological polar surface area (TPSA) is 430 Å². The molecule has 0 bridgehead atoms. The van der Waals surface area contributed by atoms with Crippen LogP contribution in [0.15, 0.2) is 54.7 Å². The second kappa shape index (κ2) is 40.3. The molecule has 0 fully saturated rings. The van der Waals surface area contributed by atoms with Crippen molar-refractivity contribution in [2.45, 2.75) is 234 Å². The van der Waals surface area contributed by atoms with Gasteiger partial charge in [0.15, 0.2) is 5.78 Å². The number of phenolic OH excluding ortho intramolecular Hbond substituents is 1. The summed E-state index contributed by atoms with van der Waals surface area (Å²) in [7, 11) is 0. The fourth-order valence-corrected chi connectivity index (χ4v) is 11.2. The second-order valence-corrected chi connectivity index (χ2v) is 26.8. The van der Waals surface area contributed by atoms with Gasteiger partial charge < -0.3 is 68.8 Å². The van der Waals surface area contributed by atoms with E-state index in [0.717, 1.165) is 10.9 Å². The number of aromatic nitrogens is 1. The summed E-state index contributed by atoms with van der Waals surface area (Å²) >= 11 is 0. The molecule has 1 aliphatic heterocycles. The van der Waals surface area contributed by atoms with E-state index < -0.39 is 160 Å². The van der Waals surface area contributed by atoms with Crippen LogP contribution in [0.4, 0.5) is 0 Å². The number of carboxylic acid groups (broad SMARTS) is 1. The summed E-state index contributed by atoms with van der Waals surface area (Å²) in [5, 5.41) is 44.6. The van der Waals surface area contributed by atoms with Gasteiger partial charge in [-0.25, -0.2) is 0 Å². The first-order valence-corrected chi connectivity index (χ1v) is 33.6. The molecule has 3 unspecified atom stereocenters. The SMILES string of the molecule is C.CC(=O)C[C@]1(C)CCCCC#CC#CCCC[C@@](C)(C(=O)NC(C)C(=O)N[C@@H](C)C(=O)NC(C)C(=O)N[C@@H](C)C(=O)C(=O)[C@H](C)NC[C@H](C)C(N)=O)NC(=O)[C@H](CC(C)C)CCC(=O)[C@H](Cc2c[nH]c3ccccc23)NC(=O)C(Cc2ccc(O)cc2)NC(=O)[C@H](CCC(=O)O)NC1=O. The van der Waals surface area contributed by atoms with Crippen molar-refractivity contribution in [2.24, 2.45) is 28.9 Å². The number of aliphatic carboxylic acids is 1. The number of para-hydroxylation sites is 1. The minimum absolute atomic E-state index is 0. The van der Waals surface area contributed by atoms with Crippen LogP contribution in [0.25, 0.3) is 10.9 Å². The highest BCUT2D eigenvalue weighted by Gasteiger charge is 2.41. The van der Waals surface area contributed by atoms with Crippen molar-refractivity contribution in [1.82, 2.24) is 52.8 Å². The molecule has 546 valence electrons. The number of amides is 9. The molecule has 2 heterocycles. The molecule has 0 spiro atoms. The number of aromatic amines is 1. The van der Waals surface area contributed by atoms with E-state index in [9.17, 15) is 77.3 Å². The van der Waals surface area contributed by atoms with Crippen molar-refractivity contribution in [1.29, 1.82) is 0 Å². The molecule has 12 atom stereocenters. The number of fused-ring (bicyclic) bond motifs is 1. The molecular formula is C73H103N11O16. The standard InChI is InChI=1S/C72H99N11O16.CH4/c1-41(2)35-50-27-31-58(86)56(37-51-40-75-54-24-20-19-23-53(51)54)80-68(97)57(36-49-25-28-52(85)29-26-49)81-67(96)55(30-32-59(87)88)82-69(98)71(10,38-43(4)84)33-21-17-15-13-12-14-16-18-22-34-72(11,83-66(50)95)70(99)79-48(9)65(94)78-47(8)64(93)77-46(7)63(92)76-45(6)61(90)60(89)44(5)74-39-42(3)62(73)91;/h19-20,23-26,28-29,40-42,44-48,50,55-57,74-75,85H,15,17-18,21-22,27,30-39H2,1-11H3,(H2,73,91)(H,76,92)(H,77,93)(H,78,94)(H,79,99)(H,80,97)(H,81,96)(H,82,98)(H,83,95)(H,87,88);1H4/t42-,44-,45-,46?,47-,48?,50-,55-,56-,57?,71-,72-;/m0./s1. The molecule has 3 aromatic rings. The summed E-state index contributed by atoms with van der Waals surface area (Å²) in [5.74, 6) is -1.10. The van der Waals surface area contributed by atoms with Crippen LogP contribution >= 0.6 is 0 Å². The third kappa shape index (κ3) is 27.2. The van der Waals surface area contributed by atoms with Gasteiger partial charge in [0.05, 0.1) is 23.5 Å². The predicted molar refractivity (Wildman–Crippen MR) is 374 cm³/mol. The quantitative estimate of drug-likeness (QED) is 0.0404. The van der Waals surface area contributed by atoms with Crippen LogP contribution in [0.3, 0.4) is 0 Å². The van der Waals surface area contributed by atoms with E-state index in [4.69, 9.17) is 5.73 Å². The first kappa shape index (κ1) is 84.5. The van der Waals surface area contributed by atoms with Crippen LogP contribution in [0.1, 0.15) is 178 Å². The fraction of sp³-hybridized carbons (Fsp3) is 0.562. The molecule has 0 radical (unpaired) electrons. The Labute approximate surface area is 585 Å². The van der Waals surface area contributed by atoms with E-state index in [1.165, 1.54) is 72.7 Å². The Balaban J connectivity index is 0.0000260. The maximum Gasteiger partial charge on any atom is 0.303 e. The molecule has 1 aromatic heterocycles. The number of nitrogens with two attached hydrogens (primary N) is 1. The number of ketones is 4. The maximum atomic E-state index is 15.0. The molecule has 4 rings (SSSR count). The van der Waals surface area contributed by atoms with Crippen molar-refractivity contribution in [2.75, 3.05) is 6.54 Å². The molecule has 27 nitrogen and oxygen atoms in total. The first-order valence-electron chi connectivity index (χ1n) is 33.6. The lowest BCUT2D eigenvalue weighted by Gasteiger charge is -2.33. The number of nitrogens with one attached hydrogen (secondary N) is 10. The zero-order valence-corrected chi connectivity index (χ0v) is 58.5. The Morgan fingerprint density at radius 1 is 0.660 bits per heavy atom. The molecule has 14 N–H and O–H groups in total. The lowest BCUT2D eigenvalue weighted by molar-refractivity contribution is -0.140. The van der Waals surface area contributed by atoms with E-state index in [1.807, 2.05) is 32.0 Å². The van der Waals surface area contributed by atoms with Crippen LogP contribution in [0, 0.1) is 46.9 Å². The number of carbonyl (C=O) groups is 14. The highest BCUT2D eigenvalue weighted by atomic mass is 16.4. The van der Waals surface area contributed by atoms with Crippen LogP contribution in [-0.4, -0.2) is 158 Å². The minimum Gasteiger partial charge on any atom is -0.508 e. The van der Waals surface area contributed by atoms with Crippen molar-refractivity contribution in [3.8, 4) is 29.4 Å². The lowest BCUT2D eigenvalue weighted by Crippen LogP contribution is -2.61. The third-order valence-corrected chi connectivity index (χ3v) is 17.4. The third-order valence-electron chi connectivity index (χ3n) is 17.4. The molecule has 9 amide bonds. The number of hydrogen-bond donors (Lipinski definition) is 13. The van der Waals surface area contributed by atoms with Crippen molar-refractivity contribution in [3.05, 3.63) is 65.9 Å². The number of rotatable bonds is 26. The van der Waals surface area contributed by atoms with Gasteiger partial charge in [-0.3, -0.25) is 67.1 Å². The average molecular weight is 1390 g/mol. The first-order chi connectivity index (χ1) is 46.5. The Morgan fingerprint density at radius 3 is 1.81 bits per heavy atom. The molecular weight excluding hydrogens is 1290 g/mol. The van der Waals surface area contributed by atoms with E-state index in [-0.39, 0.29) is 95.6 Å². The number of H-pyrrole nitrogens is 1. The molecule has 1 aliphatic rings. The zero-order valence-electron chi connectivity index (χ0n) is 58.5. The summed E-state index contributed by atoms with van der Waals surface area (Å²) in [6.45, 7) is 16.4. The van der Waals surface area contributed by atoms with Crippen LogP contribution in [0.2, 0.25) is 0 Å². The van der Waals surface area contributed by atoms with Crippen LogP contribution < -0.4 is 53.6 Å². The fourth-order valence-electron chi connectivity index (χ4n) is 11.2. The Hall–Kier alpha value is -9.76. The van der Waals surface area contributed by atoms with E-state index in [0.29, 0.717) is 30.4 Å². The summed E-state index contributed by atoms with van der Waals surface area (Å²) < 4.78 is 0. The molecule has 0 saturated carbocycles. The average Bonchev–Trinajstić information content (AvgIpc) is 1.49. The number of aromatic hydroxyl groups is 1. The smallest absolute Gasteiger partial charge is 0.303 e. The van der Waals surface area contributed by atoms with Gasteiger partial charge in [0, 0.05) is 80.4 Å². The lowest BCUT2D eigenvalue weighted by atomic mass is 9.79. The Kier molecular flexibility index (Phi) is 34.1. The van der Waals surface area contributed by atoms with Gasteiger partial charge in [0.2, 0.25) is 64.7 Å². The van der Waals surface area contributed by atoms with Gasteiger partial charge in [-0.05, 0) is 140 Å².